The normalized spacial score (nSPS) is 13.7. The zero-order valence-corrected chi connectivity index (χ0v) is 17.4. The Morgan fingerprint density at radius 1 is 1.13 bits per heavy atom. The van der Waals surface area contributed by atoms with Gasteiger partial charge in [-0.1, -0.05) is 12.1 Å². The van der Waals surface area contributed by atoms with Crippen molar-refractivity contribution in [2.75, 3.05) is 5.32 Å². The average Bonchev–Trinajstić information content (AvgIpc) is 3.38. The predicted octanol–water partition coefficient (Wildman–Crippen LogP) is 4.96. The first kappa shape index (κ1) is 21.0. The van der Waals surface area contributed by atoms with Gasteiger partial charge in [-0.2, -0.15) is 13.2 Å². The molecular weight excluding hydrogens is 427 g/mol. The van der Waals surface area contributed by atoms with E-state index in [1.807, 2.05) is 36.1 Å². The molecule has 0 saturated carbocycles. The molecule has 0 aliphatic heterocycles. The highest BCUT2D eigenvalue weighted by Crippen LogP contribution is 2.36. The molecule has 0 aliphatic rings. The van der Waals surface area contributed by atoms with Gasteiger partial charge in [0.15, 0.2) is 0 Å². The SMILES string of the molecule is Cn1ccc(C(C)(O)c2ncc(-c3cccc(Nc4nccc(C(F)(F)F)n4)c3)s2)c1. The van der Waals surface area contributed by atoms with Gasteiger partial charge in [-0.05, 0) is 36.8 Å². The van der Waals surface area contributed by atoms with Gasteiger partial charge in [0.1, 0.15) is 16.3 Å². The number of aryl methyl sites for hydroxylation is 1. The number of aromatic nitrogens is 4. The smallest absolute Gasteiger partial charge is 0.378 e. The second-order valence-corrected chi connectivity index (χ2v) is 8.17. The van der Waals surface area contributed by atoms with E-state index in [4.69, 9.17) is 0 Å². The second kappa shape index (κ2) is 7.78. The number of thiazole rings is 1. The van der Waals surface area contributed by atoms with Gasteiger partial charge in [0.25, 0.3) is 0 Å². The Morgan fingerprint density at radius 2 is 1.94 bits per heavy atom. The van der Waals surface area contributed by atoms with E-state index >= 15 is 0 Å². The number of nitrogens with zero attached hydrogens (tertiary/aromatic N) is 4. The third-order valence-electron chi connectivity index (χ3n) is 4.67. The van der Waals surface area contributed by atoms with Crippen molar-refractivity contribution in [2.24, 2.45) is 7.05 Å². The molecule has 6 nitrogen and oxygen atoms in total. The Bertz CT molecular complexity index is 1220. The van der Waals surface area contributed by atoms with Crippen molar-refractivity contribution in [1.82, 2.24) is 19.5 Å². The molecule has 0 radical (unpaired) electrons. The fraction of sp³-hybridized carbons (Fsp3) is 0.190. The molecule has 2 N–H and O–H groups in total. The van der Waals surface area contributed by atoms with Crippen LogP contribution < -0.4 is 5.32 Å². The summed E-state index contributed by atoms with van der Waals surface area (Å²) in [5.74, 6) is -0.149. The van der Waals surface area contributed by atoms with E-state index in [1.165, 1.54) is 11.3 Å². The van der Waals surface area contributed by atoms with Crippen molar-refractivity contribution in [3.8, 4) is 10.4 Å². The van der Waals surface area contributed by atoms with Crippen LogP contribution >= 0.6 is 11.3 Å². The molecule has 31 heavy (non-hydrogen) atoms. The highest BCUT2D eigenvalue weighted by Gasteiger charge is 2.33. The van der Waals surface area contributed by atoms with E-state index in [0.717, 1.165) is 28.3 Å². The van der Waals surface area contributed by atoms with Gasteiger partial charge in [0.2, 0.25) is 5.95 Å². The topological polar surface area (TPSA) is 75.9 Å². The maximum atomic E-state index is 12.9. The maximum Gasteiger partial charge on any atom is 0.433 e. The third kappa shape index (κ3) is 4.44. The summed E-state index contributed by atoms with van der Waals surface area (Å²) in [5.41, 5.74) is -0.207. The Labute approximate surface area is 180 Å². The lowest BCUT2D eigenvalue weighted by Gasteiger charge is -2.19. The van der Waals surface area contributed by atoms with Crippen molar-refractivity contribution in [3.05, 3.63) is 77.5 Å². The molecule has 4 aromatic rings. The van der Waals surface area contributed by atoms with Crippen LogP contribution in [-0.4, -0.2) is 24.6 Å². The molecule has 0 saturated heterocycles. The molecule has 1 unspecified atom stereocenters. The molecule has 0 spiro atoms. The number of anilines is 2. The van der Waals surface area contributed by atoms with E-state index in [-0.39, 0.29) is 5.95 Å². The van der Waals surface area contributed by atoms with Crippen LogP contribution in [-0.2, 0) is 18.8 Å². The number of halogens is 3. The molecule has 1 atom stereocenters. The molecule has 0 amide bonds. The molecule has 0 bridgehead atoms. The summed E-state index contributed by atoms with van der Waals surface area (Å²) in [5, 5.41) is 14.3. The molecule has 3 aromatic heterocycles. The van der Waals surface area contributed by atoms with Crippen molar-refractivity contribution < 1.29 is 18.3 Å². The zero-order chi connectivity index (χ0) is 22.2. The van der Waals surface area contributed by atoms with E-state index in [2.05, 4.69) is 20.3 Å². The van der Waals surface area contributed by atoms with E-state index < -0.39 is 17.5 Å². The number of aliphatic hydroxyl groups is 1. The Morgan fingerprint density at radius 3 is 2.65 bits per heavy atom. The van der Waals surface area contributed by atoms with Crippen LogP contribution in [0.1, 0.15) is 23.2 Å². The third-order valence-corrected chi connectivity index (χ3v) is 5.92. The molecule has 10 heteroatoms. The van der Waals surface area contributed by atoms with Crippen LogP contribution in [0.5, 0.6) is 0 Å². The largest absolute Gasteiger partial charge is 0.433 e. The molecule has 1 aromatic carbocycles. The monoisotopic (exact) mass is 445 g/mol. The Hall–Kier alpha value is -3.24. The summed E-state index contributed by atoms with van der Waals surface area (Å²) in [6.07, 6.45) is 1.86. The summed E-state index contributed by atoms with van der Waals surface area (Å²) in [7, 11) is 1.87. The summed E-state index contributed by atoms with van der Waals surface area (Å²) in [6, 6.07) is 9.74. The molecule has 0 aliphatic carbocycles. The van der Waals surface area contributed by atoms with Crippen molar-refractivity contribution in [2.45, 2.75) is 18.7 Å². The minimum atomic E-state index is -4.55. The summed E-state index contributed by atoms with van der Waals surface area (Å²) in [4.78, 5) is 12.6. The lowest BCUT2D eigenvalue weighted by molar-refractivity contribution is -0.141. The van der Waals surface area contributed by atoms with E-state index in [1.54, 1.807) is 31.3 Å². The van der Waals surface area contributed by atoms with Crippen LogP contribution in [0.4, 0.5) is 24.8 Å². The maximum absolute atomic E-state index is 12.9. The van der Waals surface area contributed by atoms with Gasteiger partial charge >= 0.3 is 6.18 Å². The molecular formula is C21H18F3N5OS. The Kier molecular flexibility index (Phi) is 5.28. The zero-order valence-electron chi connectivity index (χ0n) is 16.6. The fourth-order valence-corrected chi connectivity index (χ4v) is 3.98. The fourth-order valence-electron chi connectivity index (χ4n) is 3.00. The molecule has 3 heterocycles. The van der Waals surface area contributed by atoms with E-state index in [0.29, 0.717) is 10.7 Å². The highest BCUT2D eigenvalue weighted by molar-refractivity contribution is 7.15. The van der Waals surface area contributed by atoms with Gasteiger partial charge < -0.3 is 15.0 Å². The molecule has 4 rings (SSSR count). The van der Waals surface area contributed by atoms with Crippen LogP contribution in [0.3, 0.4) is 0 Å². The van der Waals surface area contributed by atoms with Crippen molar-refractivity contribution >= 4 is 23.0 Å². The van der Waals surface area contributed by atoms with Gasteiger partial charge in [-0.25, -0.2) is 15.0 Å². The highest BCUT2D eigenvalue weighted by atomic mass is 32.1. The second-order valence-electron chi connectivity index (χ2n) is 7.14. The van der Waals surface area contributed by atoms with Crippen LogP contribution in [0.25, 0.3) is 10.4 Å². The number of benzene rings is 1. The summed E-state index contributed by atoms with van der Waals surface area (Å²) in [6.45, 7) is 1.69. The van der Waals surface area contributed by atoms with Crippen molar-refractivity contribution in [1.29, 1.82) is 0 Å². The van der Waals surface area contributed by atoms with Gasteiger partial charge in [0.05, 0.1) is 4.88 Å². The van der Waals surface area contributed by atoms with Gasteiger partial charge in [0, 0.05) is 43.1 Å². The summed E-state index contributed by atoms with van der Waals surface area (Å²) < 4.78 is 40.5. The first-order valence-corrected chi connectivity index (χ1v) is 10.0. The molecule has 0 fully saturated rings. The number of hydrogen-bond donors (Lipinski definition) is 2. The van der Waals surface area contributed by atoms with Gasteiger partial charge in [-0.3, -0.25) is 0 Å². The number of nitrogens with one attached hydrogen (secondary N) is 1. The Balaban J connectivity index is 1.58. The number of rotatable bonds is 5. The van der Waals surface area contributed by atoms with Crippen molar-refractivity contribution in [3.63, 3.8) is 0 Å². The lowest BCUT2D eigenvalue weighted by Crippen LogP contribution is -2.21. The van der Waals surface area contributed by atoms with Crippen LogP contribution in [0.15, 0.2) is 61.2 Å². The summed E-state index contributed by atoms with van der Waals surface area (Å²) >= 11 is 1.34. The minimum absolute atomic E-state index is 0.149. The quantitative estimate of drug-likeness (QED) is 0.454. The van der Waals surface area contributed by atoms with Crippen LogP contribution in [0, 0.1) is 0 Å². The standard InChI is InChI=1S/C21H18F3N5OS/c1-20(30,14-7-9-29(2)12-14)18-26-11-16(31-18)13-4-3-5-15(10-13)27-19-25-8-6-17(28-19)21(22,23)24/h3-12,30H,1-2H3,(H,25,27,28). The number of alkyl halides is 3. The number of hydrogen-bond acceptors (Lipinski definition) is 6. The minimum Gasteiger partial charge on any atom is -0.378 e. The predicted molar refractivity (Wildman–Crippen MR) is 112 cm³/mol. The van der Waals surface area contributed by atoms with E-state index in [9.17, 15) is 18.3 Å². The first-order valence-electron chi connectivity index (χ1n) is 9.22. The first-order chi connectivity index (χ1) is 14.6. The van der Waals surface area contributed by atoms with Crippen LogP contribution in [0.2, 0.25) is 0 Å². The molecule has 160 valence electrons. The van der Waals surface area contributed by atoms with Gasteiger partial charge in [-0.15, -0.1) is 11.3 Å². The average molecular weight is 445 g/mol. The lowest BCUT2D eigenvalue weighted by atomic mass is 10.0.